The first-order chi connectivity index (χ1) is 9.08. The third kappa shape index (κ3) is 3.32. The monoisotopic (exact) mass is 259 g/mol. The number of rotatable bonds is 4. The van der Waals surface area contributed by atoms with Crippen molar-refractivity contribution in [1.29, 1.82) is 0 Å². The molecule has 0 amide bonds. The van der Waals surface area contributed by atoms with Crippen molar-refractivity contribution in [2.24, 2.45) is 0 Å². The van der Waals surface area contributed by atoms with E-state index >= 15 is 0 Å². The molecule has 2 aromatic carbocycles. The Hall–Kier alpha value is -1.87. The molecule has 2 atom stereocenters. The minimum absolute atomic E-state index is 0.0294. The van der Waals surface area contributed by atoms with Crippen LogP contribution in [0.3, 0.4) is 0 Å². The Morgan fingerprint density at radius 1 is 1.00 bits per heavy atom. The molecular weight excluding hydrogens is 241 g/mol. The van der Waals surface area contributed by atoms with Crippen molar-refractivity contribution in [3.63, 3.8) is 0 Å². The molecule has 0 aliphatic rings. The summed E-state index contributed by atoms with van der Waals surface area (Å²) in [4.78, 5) is 0. The number of phenols is 1. The van der Waals surface area contributed by atoms with Gasteiger partial charge in [0.25, 0.3) is 0 Å². The molecule has 0 radical (unpaired) electrons. The first-order valence-electron chi connectivity index (χ1n) is 6.37. The third-order valence-corrected chi connectivity index (χ3v) is 3.24. The molecule has 0 aliphatic heterocycles. The molecule has 0 heterocycles. The summed E-state index contributed by atoms with van der Waals surface area (Å²) >= 11 is 0. The van der Waals surface area contributed by atoms with Gasteiger partial charge in [0.05, 0.1) is 0 Å². The predicted molar refractivity (Wildman–Crippen MR) is 74.5 cm³/mol. The molecule has 2 nitrogen and oxygen atoms in total. The number of hydrogen-bond acceptors (Lipinski definition) is 2. The standard InChI is InChI=1S/C16H18FNO/c1-11(13-6-5-7-14(19)10-13)18-12(2)15-8-3-4-9-16(15)17/h3-12,18-19H,1-2H3/t11?,12-/m1/s1. The molecule has 2 rings (SSSR count). The van der Waals surface area contributed by atoms with Gasteiger partial charge in [0.1, 0.15) is 11.6 Å². The average molecular weight is 259 g/mol. The Morgan fingerprint density at radius 3 is 2.42 bits per heavy atom. The van der Waals surface area contributed by atoms with E-state index < -0.39 is 0 Å². The minimum Gasteiger partial charge on any atom is -0.508 e. The van der Waals surface area contributed by atoms with Crippen LogP contribution in [0.25, 0.3) is 0 Å². The van der Waals surface area contributed by atoms with Crippen molar-refractivity contribution in [3.05, 3.63) is 65.5 Å². The number of hydrogen-bond donors (Lipinski definition) is 2. The summed E-state index contributed by atoms with van der Waals surface area (Å²) in [5.74, 6) is 0.0373. The van der Waals surface area contributed by atoms with Crippen LogP contribution < -0.4 is 5.32 Å². The lowest BCUT2D eigenvalue weighted by Gasteiger charge is -2.21. The van der Waals surface area contributed by atoms with Crippen molar-refractivity contribution < 1.29 is 9.50 Å². The van der Waals surface area contributed by atoms with E-state index in [0.717, 1.165) is 5.56 Å². The zero-order chi connectivity index (χ0) is 13.8. The molecule has 0 fully saturated rings. The molecule has 1 unspecified atom stereocenters. The number of halogens is 1. The van der Waals surface area contributed by atoms with E-state index in [0.29, 0.717) is 5.56 Å². The maximum Gasteiger partial charge on any atom is 0.127 e. The Morgan fingerprint density at radius 2 is 1.74 bits per heavy atom. The van der Waals surface area contributed by atoms with Crippen molar-refractivity contribution in [2.75, 3.05) is 0 Å². The van der Waals surface area contributed by atoms with E-state index in [1.165, 1.54) is 6.07 Å². The third-order valence-electron chi connectivity index (χ3n) is 3.24. The maximum atomic E-state index is 13.7. The van der Waals surface area contributed by atoms with Crippen LogP contribution in [0, 0.1) is 5.82 Å². The zero-order valence-corrected chi connectivity index (χ0v) is 11.1. The van der Waals surface area contributed by atoms with Gasteiger partial charge in [-0.25, -0.2) is 4.39 Å². The summed E-state index contributed by atoms with van der Waals surface area (Å²) in [6.07, 6.45) is 0. The maximum absolute atomic E-state index is 13.7. The highest BCUT2D eigenvalue weighted by Gasteiger charge is 2.14. The molecule has 100 valence electrons. The highest BCUT2D eigenvalue weighted by atomic mass is 19.1. The SMILES string of the molecule is CC(N[C@H](C)c1ccccc1F)c1cccc(O)c1. The van der Waals surface area contributed by atoms with E-state index in [-0.39, 0.29) is 23.7 Å². The topological polar surface area (TPSA) is 32.3 Å². The number of benzene rings is 2. The van der Waals surface area contributed by atoms with Gasteiger partial charge in [-0.15, -0.1) is 0 Å². The van der Waals surface area contributed by atoms with Gasteiger partial charge >= 0.3 is 0 Å². The fourth-order valence-electron chi connectivity index (χ4n) is 2.18. The number of aromatic hydroxyl groups is 1. The fraction of sp³-hybridized carbons (Fsp3) is 0.250. The van der Waals surface area contributed by atoms with E-state index in [1.54, 1.807) is 30.3 Å². The summed E-state index contributed by atoms with van der Waals surface area (Å²) in [6, 6.07) is 13.8. The molecule has 3 heteroatoms. The summed E-state index contributed by atoms with van der Waals surface area (Å²) in [5, 5.41) is 12.8. The van der Waals surface area contributed by atoms with Gasteiger partial charge in [-0.05, 0) is 37.6 Å². The Bertz CT molecular complexity index is 556. The zero-order valence-electron chi connectivity index (χ0n) is 11.1. The molecule has 2 N–H and O–H groups in total. The summed E-state index contributed by atoms with van der Waals surface area (Å²) in [6.45, 7) is 3.92. The highest BCUT2D eigenvalue weighted by Crippen LogP contribution is 2.23. The highest BCUT2D eigenvalue weighted by molar-refractivity contribution is 5.29. The lowest BCUT2D eigenvalue weighted by atomic mass is 10.0. The second-order valence-corrected chi connectivity index (χ2v) is 4.73. The van der Waals surface area contributed by atoms with Gasteiger partial charge in [-0.2, -0.15) is 0 Å². The lowest BCUT2D eigenvalue weighted by molar-refractivity contribution is 0.460. The molecule has 0 saturated heterocycles. The fourth-order valence-corrected chi connectivity index (χ4v) is 2.18. The smallest absolute Gasteiger partial charge is 0.127 e. The van der Waals surface area contributed by atoms with Crippen LogP contribution in [0.15, 0.2) is 48.5 Å². The Balaban J connectivity index is 2.11. The van der Waals surface area contributed by atoms with Gasteiger partial charge in [0.15, 0.2) is 0 Å². The van der Waals surface area contributed by atoms with Gasteiger partial charge in [-0.3, -0.25) is 0 Å². The van der Waals surface area contributed by atoms with E-state index in [1.807, 2.05) is 26.0 Å². The van der Waals surface area contributed by atoms with Crippen LogP contribution in [-0.4, -0.2) is 5.11 Å². The van der Waals surface area contributed by atoms with E-state index in [9.17, 15) is 9.50 Å². The van der Waals surface area contributed by atoms with Crippen molar-refractivity contribution in [1.82, 2.24) is 5.32 Å². The van der Waals surface area contributed by atoms with E-state index in [4.69, 9.17) is 0 Å². The van der Waals surface area contributed by atoms with Gasteiger partial charge < -0.3 is 10.4 Å². The van der Waals surface area contributed by atoms with E-state index in [2.05, 4.69) is 5.32 Å². The molecule has 0 spiro atoms. The molecule has 19 heavy (non-hydrogen) atoms. The molecular formula is C16H18FNO. The van der Waals surface area contributed by atoms with Crippen LogP contribution in [0.2, 0.25) is 0 Å². The van der Waals surface area contributed by atoms with Crippen molar-refractivity contribution in [2.45, 2.75) is 25.9 Å². The molecule has 0 saturated carbocycles. The number of nitrogens with one attached hydrogen (secondary N) is 1. The Labute approximate surface area is 112 Å². The first kappa shape index (κ1) is 13.6. The minimum atomic E-state index is -0.203. The van der Waals surface area contributed by atoms with Crippen LogP contribution >= 0.6 is 0 Å². The second kappa shape index (κ2) is 5.85. The Kier molecular flexibility index (Phi) is 4.17. The molecule has 0 bridgehead atoms. The van der Waals surface area contributed by atoms with Crippen molar-refractivity contribution >= 4 is 0 Å². The van der Waals surface area contributed by atoms with Gasteiger partial charge in [-0.1, -0.05) is 30.3 Å². The number of phenolic OH excluding ortho intramolecular Hbond substituents is 1. The summed E-state index contributed by atoms with van der Waals surface area (Å²) in [5.41, 5.74) is 1.62. The lowest BCUT2D eigenvalue weighted by Crippen LogP contribution is -2.23. The van der Waals surface area contributed by atoms with Crippen LogP contribution in [0.4, 0.5) is 4.39 Å². The molecule has 0 aromatic heterocycles. The first-order valence-corrected chi connectivity index (χ1v) is 6.37. The van der Waals surface area contributed by atoms with Crippen LogP contribution in [0.1, 0.15) is 37.1 Å². The normalized spacial score (nSPS) is 14.1. The average Bonchev–Trinajstić information content (AvgIpc) is 2.39. The quantitative estimate of drug-likeness (QED) is 0.871. The van der Waals surface area contributed by atoms with Crippen molar-refractivity contribution in [3.8, 4) is 5.75 Å². The summed E-state index contributed by atoms with van der Waals surface area (Å²) < 4.78 is 13.7. The molecule has 0 aliphatic carbocycles. The van der Waals surface area contributed by atoms with Gasteiger partial charge in [0, 0.05) is 17.6 Å². The molecule has 2 aromatic rings. The van der Waals surface area contributed by atoms with Crippen LogP contribution in [-0.2, 0) is 0 Å². The summed E-state index contributed by atoms with van der Waals surface area (Å²) in [7, 11) is 0. The largest absolute Gasteiger partial charge is 0.508 e. The predicted octanol–water partition coefficient (Wildman–Crippen LogP) is 3.94. The second-order valence-electron chi connectivity index (χ2n) is 4.73. The van der Waals surface area contributed by atoms with Gasteiger partial charge in [0.2, 0.25) is 0 Å². The van der Waals surface area contributed by atoms with Crippen LogP contribution in [0.5, 0.6) is 5.75 Å².